The highest BCUT2D eigenvalue weighted by Gasteiger charge is 2.52. The highest BCUT2D eigenvalue weighted by molar-refractivity contribution is 5.81. The first-order valence-electron chi connectivity index (χ1n) is 14.0. The van der Waals surface area contributed by atoms with Crippen LogP contribution in [0, 0.1) is 0 Å². The average molecular weight is 596 g/mol. The van der Waals surface area contributed by atoms with Gasteiger partial charge in [-0.15, -0.1) is 0 Å². The van der Waals surface area contributed by atoms with Gasteiger partial charge in [0.2, 0.25) is 5.91 Å². The summed E-state index contributed by atoms with van der Waals surface area (Å²) in [6.07, 6.45) is -8.62. The summed E-state index contributed by atoms with van der Waals surface area (Å²) in [7, 11) is 1.56. The smallest absolute Gasteiger partial charge is 0.250 e. The van der Waals surface area contributed by atoms with Crippen molar-refractivity contribution in [3.05, 3.63) is 0 Å². The standard InChI is InChI=1S/C24H49N7O10/c1-24(37)9-38-23(17(35)20(24)29-2)41-19-13(31-21(36)14(33)6-25)5-12(27)18(16(19)34)40-22-11(26)4-3-10(39-22)7-30-15(28)8-32/h10-20,22-23,29-30,32-35,37H,3-9,25-28H2,1-2H3,(H,31,36). The Kier molecular flexibility index (Phi) is 12.6. The van der Waals surface area contributed by atoms with E-state index in [9.17, 15) is 25.2 Å². The summed E-state index contributed by atoms with van der Waals surface area (Å²) in [5.41, 5.74) is 22.4. The van der Waals surface area contributed by atoms with Gasteiger partial charge >= 0.3 is 0 Å². The second kappa shape index (κ2) is 15.0. The lowest BCUT2D eigenvalue weighted by atomic mass is 9.83. The van der Waals surface area contributed by atoms with Crippen molar-refractivity contribution < 1.29 is 49.3 Å². The molecule has 3 rings (SSSR count). The number of hydrogen-bond acceptors (Lipinski definition) is 16. The predicted octanol–water partition coefficient (Wildman–Crippen LogP) is -6.59. The fraction of sp³-hybridized carbons (Fsp3) is 0.958. The molecule has 0 spiro atoms. The van der Waals surface area contributed by atoms with Crippen LogP contribution in [0.5, 0.6) is 0 Å². The van der Waals surface area contributed by atoms with Crippen LogP contribution in [-0.2, 0) is 23.7 Å². The fourth-order valence-electron chi connectivity index (χ4n) is 5.50. The van der Waals surface area contributed by atoms with E-state index in [0.717, 1.165) is 0 Å². The third-order valence-electron chi connectivity index (χ3n) is 7.90. The lowest BCUT2D eigenvalue weighted by Crippen LogP contribution is -2.69. The molecule has 0 radical (unpaired) electrons. The van der Waals surface area contributed by atoms with Crippen molar-refractivity contribution in [1.29, 1.82) is 0 Å². The summed E-state index contributed by atoms with van der Waals surface area (Å²) >= 11 is 0. The SMILES string of the molecule is CNC1C(O)C(OC2C(NC(=O)C(O)CN)CC(N)C(OC3OC(CNC(N)CO)CCC3N)C2O)OCC1(C)O. The maximum atomic E-state index is 12.5. The second-order valence-electron chi connectivity index (χ2n) is 11.3. The molecule has 1 amide bonds. The van der Waals surface area contributed by atoms with E-state index < -0.39 is 84.9 Å². The van der Waals surface area contributed by atoms with Crippen LogP contribution >= 0.6 is 0 Å². The molecule has 1 aliphatic carbocycles. The molecule has 17 nitrogen and oxygen atoms in total. The van der Waals surface area contributed by atoms with E-state index in [-0.39, 0.29) is 32.3 Å². The zero-order valence-corrected chi connectivity index (χ0v) is 23.5. The molecule has 1 saturated carbocycles. The summed E-state index contributed by atoms with van der Waals surface area (Å²) in [6, 6.07) is -3.12. The van der Waals surface area contributed by atoms with Crippen LogP contribution in [0.4, 0.5) is 0 Å². The quantitative estimate of drug-likeness (QED) is 0.0933. The molecule has 0 aromatic carbocycles. The monoisotopic (exact) mass is 595 g/mol. The zero-order valence-electron chi connectivity index (χ0n) is 23.5. The van der Waals surface area contributed by atoms with Gasteiger partial charge < -0.3 is 78.0 Å². The van der Waals surface area contributed by atoms with Gasteiger partial charge in [0.15, 0.2) is 12.6 Å². The maximum Gasteiger partial charge on any atom is 0.250 e. The number of likely N-dealkylation sites (N-methyl/N-ethyl adjacent to an activating group) is 1. The van der Waals surface area contributed by atoms with Crippen LogP contribution in [0.2, 0.25) is 0 Å². The van der Waals surface area contributed by atoms with E-state index in [1.165, 1.54) is 6.92 Å². The molecule has 0 bridgehead atoms. The molecule has 14 atom stereocenters. The Morgan fingerprint density at radius 2 is 1.80 bits per heavy atom. The molecule has 0 aromatic heterocycles. The van der Waals surface area contributed by atoms with Gasteiger partial charge in [-0.1, -0.05) is 0 Å². The van der Waals surface area contributed by atoms with Crippen LogP contribution in [0.25, 0.3) is 0 Å². The van der Waals surface area contributed by atoms with Gasteiger partial charge in [-0.2, -0.15) is 0 Å². The number of ether oxygens (including phenoxy) is 4. The van der Waals surface area contributed by atoms with Crippen LogP contribution in [0.3, 0.4) is 0 Å². The first-order valence-corrected chi connectivity index (χ1v) is 14.0. The molecule has 3 fully saturated rings. The zero-order chi connectivity index (χ0) is 30.5. The molecule has 3 aliphatic rings. The minimum Gasteiger partial charge on any atom is -0.393 e. The van der Waals surface area contributed by atoms with Crippen molar-refractivity contribution in [2.75, 3.05) is 33.4 Å². The number of carbonyl (C=O) groups is 1. The first kappa shape index (κ1) is 34.4. The number of carbonyl (C=O) groups excluding carboxylic acids is 1. The highest BCUT2D eigenvalue weighted by atomic mass is 16.7. The summed E-state index contributed by atoms with van der Waals surface area (Å²) in [6.45, 7) is 1.07. The van der Waals surface area contributed by atoms with Crippen molar-refractivity contribution in [3.8, 4) is 0 Å². The van der Waals surface area contributed by atoms with Crippen LogP contribution in [0.1, 0.15) is 26.2 Å². The van der Waals surface area contributed by atoms with E-state index >= 15 is 0 Å². The molecule has 41 heavy (non-hydrogen) atoms. The Morgan fingerprint density at radius 1 is 1.12 bits per heavy atom. The van der Waals surface area contributed by atoms with E-state index in [1.807, 2.05) is 0 Å². The van der Waals surface area contributed by atoms with E-state index in [1.54, 1.807) is 7.05 Å². The van der Waals surface area contributed by atoms with Gasteiger partial charge in [0, 0.05) is 19.1 Å². The van der Waals surface area contributed by atoms with Gasteiger partial charge in [0.25, 0.3) is 0 Å². The number of nitrogens with one attached hydrogen (secondary N) is 3. The highest BCUT2D eigenvalue weighted by Crippen LogP contribution is 2.32. The van der Waals surface area contributed by atoms with Crippen molar-refractivity contribution in [1.82, 2.24) is 16.0 Å². The summed E-state index contributed by atoms with van der Waals surface area (Å²) in [4.78, 5) is 12.5. The number of aliphatic hydroxyl groups excluding tert-OH is 4. The Labute approximate surface area is 239 Å². The maximum absolute atomic E-state index is 12.5. The van der Waals surface area contributed by atoms with Crippen LogP contribution in [-0.4, -0.2) is 150 Å². The summed E-state index contributed by atoms with van der Waals surface area (Å²) in [5.74, 6) is -0.792. The molecule has 240 valence electrons. The fourth-order valence-corrected chi connectivity index (χ4v) is 5.50. The van der Waals surface area contributed by atoms with Crippen LogP contribution in [0.15, 0.2) is 0 Å². The number of rotatable bonds is 12. The van der Waals surface area contributed by atoms with Gasteiger partial charge in [-0.05, 0) is 33.2 Å². The summed E-state index contributed by atoms with van der Waals surface area (Å²) in [5, 5.41) is 60.5. The lowest BCUT2D eigenvalue weighted by molar-refractivity contribution is -0.307. The Balaban J connectivity index is 1.78. The topological polar surface area (TPSA) is 295 Å². The number of hydrogen-bond donors (Lipinski definition) is 12. The molecule has 2 heterocycles. The summed E-state index contributed by atoms with van der Waals surface area (Å²) < 4.78 is 23.8. The Bertz CT molecular complexity index is 832. The molecule has 2 saturated heterocycles. The molecule has 0 aromatic rings. The van der Waals surface area contributed by atoms with Crippen molar-refractivity contribution >= 4 is 5.91 Å². The number of amides is 1. The molecule has 16 N–H and O–H groups in total. The van der Waals surface area contributed by atoms with E-state index in [0.29, 0.717) is 19.4 Å². The normalized spacial score (nSPS) is 43.3. The van der Waals surface area contributed by atoms with Crippen molar-refractivity contribution in [2.45, 2.75) is 111 Å². The third kappa shape index (κ3) is 8.49. The minimum atomic E-state index is -1.50. The Hall–Kier alpha value is -1.13. The average Bonchev–Trinajstić information content (AvgIpc) is 2.93. The predicted molar refractivity (Wildman–Crippen MR) is 143 cm³/mol. The van der Waals surface area contributed by atoms with Gasteiger partial charge in [0.05, 0.1) is 43.6 Å². The van der Waals surface area contributed by atoms with Crippen LogP contribution < -0.4 is 38.9 Å². The lowest BCUT2D eigenvalue weighted by Gasteiger charge is -2.49. The molecule has 17 heteroatoms. The van der Waals surface area contributed by atoms with Gasteiger partial charge in [-0.3, -0.25) is 10.1 Å². The van der Waals surface area contributed by atoms with Crippen molar-refractivity contribution in [2.24, 2.45) is 22.9 Å². The first-order chi connectivity index (χ1) is 19.3. The second-order valence-corrected chi connectivity index (χ2v) is 11.3. The third-order valence-corrected chi connectivity index (χ3v) is 7.90. The molecule has 2 aliphatic heterocycles. The molecular weight excluding hydrogens is 546 g/mol. The largest absolute Gasteiger partial charge is 0.393 e. The van der Waals surface area contributed by atoms with Gasteiger partial charge in [-0.25, -0.2) is 0 Å². The van der Waals surface area contributed by atoms with E-state index in [4.69, 9.17) is 47.0 Å². The minimum absolute atomic E-state index is 0.0453. The number of nitrogens with two attached hydrogens (primary N) is 4. The number of aliphatic hydroxyl groups is 5. The Morgan fingerprint density at radius 3 is 2.44 bits per heavy atom. The molecule has 14 unspecified atom stereocenters. The van der Waals surface area contributed by atoms with Crippen molar-refractivity contribution in [3.63, 3.8) is 0 Å². The molecular formula is C24H49N7O10. The van der Waals surface area contributed by atoms with Gasteiger partial charge in [0.1, 0.15) is 36.1 Å². The van der Waals surface area contributed by atoms with E-state index in [2.05, 4.69) is 16.0 Å².